The first kappa shape index (κ1) is 36.2. The van der Waals surface area contributed by atoms with Gasteiger partial charge in [-0.2, -0.15) is 26.3 Å². The number of amides is 1. The minimum atomic E-state index is -5.98. The summed E-state index contributed by atoms with van der Waals surface area (Å²) in [5.41, 5.74) is -5.29. The molecule has 0 bridgehead atoms. The number of anilines is 1. The van der Waals surface area contributed by atoms with Gasteiger partial charge >= 0.3 is 12.4 Å². The lowest BCUT2D eigenvalue weighted by Crippen LogP contribution is -2.54. The summed E-state index contributed by atoms with van der Waals surface area (Å²) in [6, 6.07) is 10.1. The average Bonchev–Trinajstić information content (AvgIpc) is 2.99. The summed E-state index contributed by atoms with van der Waals surface area (Å²) < 4.78 is 106. The largest absolute Gasteiger partial charge is 0.430 e. The highest BCUT2D eigenvalue weighted by Crippen LogP contribution is 2.50. The summed E-state index contributed by atoms with van der Waals surface area (Å²) in [7, 11) is -1.84. The second kappa shape index (κ2) is 15.1. The third-order valence-corrected chi connectivity index (χ3v) is 7.71. The van der Waals surface area contributed by atoms with Crippen LogP contribution in [0.5, 0.6) is 0 Å². The number of halogens is 7. The number of pyridine rings is 1. The Labute approximate surface area is 251 Å². The Kier molecular flexibility index (Phi) is 12.4. The molecule has 1 amide bonds. The van der Waals surface area contributed by atoms with E-state index in [4.69, 9.17) is 5.11 Å². The number of rotatable bonds is 6. The molecule has 3 N–H and O–H groups in total. The van der Waals surface area contributed by atoms with Gasteiger partial charge in [-0.25, -0.2) is 8.60 Å². The molecule has 2 unspecified atom stereocenters. The molecule has 0 fully saturated rings. The van der Waals surface area contributed by atoms with Gasteiger partial charge in [-0.1, -0.05) is 18.2 Å². The molecule has 0 saturated carbocycles. The van der Waals surface area contributed by atoms with Crippen LogP contribution in [0.1, 0.15) is 36.1 Å². The predicted molar refractivity (Wildman–Crippen MR) is 149 cm³/mol. The van der Waals surface area contributed by atoms with E-state index in [2.05, 4.69) is 23.1 Å². The van der Waals surface area contributed by atoms with Crippen molar-refractivity contribution in [2.24, 2.45) is 0 Å². The number of aliphatic hydroxyl groups is 2. The molecule has 1 aliphatic heterocycles. The van der Waals surface area contributed by atoms with Gasteiger partial charge in [0.1, 0.15) is 5.82 Å². The predicted octanol–water partition coefficient (Wildman–Crippen LogP) is 5.11. The van der Waals surface area contributed by atoms with Crippen molar-refractivity contribution in [2.75, 3.05) is 17.5 Å². The minimum absolute atomic E-state index is 0.0936. The third kappa shape index (κ3) is 8.34. The molecular weight excluding hydrogens is 619 g/mol. The van der Waals surface area contributed by atoms with Crippen molar-refractivity contribution in [3.63, 3.8) is 0 Å². The molecular formula is C29H28F7N3O4S. The molecule has 0 aliphatic carbocycles. The highest BCUT2D eigenvalue weighted by atomic mass is 32.2. The number of benzene rings is 2. The number of hydrogen-bond acceptors (Lipinski definition) is 5. The van der Waals surface area contributed by atoms with Gasteiger partial charge in [-0.05, 0) is 60.4 Å². The molecule has 2 aromatic carbocycles. The highest BCUT2D eigenvalue weighted by molar-refractivity contribution is 7.86. The first-order valence-electron chi connectivity index (χ1n) is 12.7. The molecule has 0 radical (unpaired) electrons. The van der Waals surface area contributed by atoms with Gasteiger partial charge in [0.2, 0.25) is 5.91 Å². The van der Waals surface area contributed by atoms with Gasteiger partial charge in [0.05, 0.1) is 23.2 Å². The highest BCUT2D eigenvalue weighted by Gasteiger charge is 2.71. The quantitative estimate of drug-likeness (QED) is 0.255. The standard InChI is InChI=1S/C18H14F7NO2S.C9H12N2O2.C2H2/c19-13-4-6-14(7-5-13)29(28)26-9-1-2-11-10-12(3-8-15(11)26)16(27,17(20,21)22)18(23,24)25;1-7(13)11-9(6-12)8-3-2-4-10-5-8;1-2/h3-8,10,27H,1-2,9H2;2-5,9,12H,6H2,1H3,(H,11,13);1-2H. The molecule has 7 nitrogen and oxygen atoms in total. The summed E-state index contributed by atoms with van der Waals surface area (Å²) in [5.74, 6) is -0.712. The van der Waals surface area contributed by atoms with Gasteiger partial charge in [0.15, 0.2) is 11.0 Å². The van der Waals surface area contributed by atoms with Crippen molar-refractivity contribution >= 4 is 22.6 Å². The van der Waals surface area contributed by atoms with Gasteiger partial charge in [0, 0.05) is 31.4 Å². The van der Waals surface area contributed by atoms with Crippen molar-refractivity contribution in [1.29, 1.82) is 0 Å². The number of alkyl halides is 6. The fraction of sp³-hybridized carbons (Fsp3) is 0.310. The number of hydrogen-bond donors (Lipinski definition) is 3. The Morgan fingerprint density at radius 3 is 2.18 bits per heavy atom. The van der Waals surface area contributed by atoms with E-state index in [9.17, 15) is 44.8 Å². The Balaban J connectivity index is 0.000000376. The van der Waals surface area contributed by atoms with E-state index in [1.54, 1.807) is 18.5 Å². The van der Waals surface area contributed by atoms with E-state index in [0.717, 1.165) is 23.8 Å². The Hall–Kier alpha value is -4.00. The monoisotopic (exact) mass is 647 g/mol. The molecule has 44 heavy (non-hydrogen) atoms. The maximum absolute atomic E-state index is 13.1. The molecule has 0 saturated heterocycles. The maximum Gasteiger partial charge on any atom is 0.430 e. The van der Waals surface area contributed by atoms with E-state index >= 15 is 0 Å². The lowest BCUT2D eigenvalue weighted by Gasteiger charge is -2.35. The Morgan fingerprint density at radius 2 is 1.68 bits per heavy atom. The molecule has 0 spiro atoms. The number of fused-ring (bicyclic) bond motifs is 1. The number of carbonyl (C=O) groups excluding carboxylic acids is 1. The van der Waals surface area contributed by atoms with Crippen LogP contribution in [0.3, 0.4) is 0 Å². The van der Waals surface area contributed by atoms with Gasteiger partial charge in [-0.15, -0.1) is 12.8 Å². The zero-order chi connectivity index (χ0) is 33.3. The SMILES string of the molecule is C#C.CC(=O)NC(CO)c1cccnc1.O=S(c1ccc(F)cc1)N1CCCc2cc(C(O)(C(F)(F)F)C(F)(F)F)ccc21. The van der Waals surface area contributed by atoms with Gasteiger partial charge in [0.25, 0.3) is 5.60 Å². The Bertz CT molecular complexity index is 1420. The molecule has 2 atom stereocenters. The van der Waals surface area contributed by atoms with Gasteiger partial charge < -0.3 is 15.5 Å². The number of nitrogens with zero attached hydrogens (tertiary/aromatic N) is 2. The van der Waals surface area contributed by atoms with E-state index < -0.39 is 40.3 Å². The first-order valence-corrected chi connectivity index (χ1v) is 13.8. The fourth-order valence-electron chi connectivity index (χ4n) is 4.19. The number of terminal acetylenes is 1. The summed E-state index contributed by atoms with van der Waals surface area (Å²) in [6.07, 6.45) is -0.232. The maximum atomic E-state index is 13.1. The van der Waals surface area contributed by atoms with Crippen LogP contribution in [-0.2, 0) is 27.8 Å². The third-order valence-electron chi connectivity index (χ3n) is 6.26. The van der Waals surface area contributed by atoms with Crippen LogP contribution in [0.15, 0.2) is 71.9 Å². The lowest BCUT2D eigenvalue weighted by atomic mass is 9.89. The Morgan fingerprint density at radius 1 is 1.07 bits per heavy atom. The van der Waals surface area contributed by atoms with Crippen molar-refractivity contribution in [2.45, 2.75) is 48.7 Å². The van der Waals surface area contributed by atoms with Crippen LogP contribution in [0, 0.1) is 18.7 Å². The minimum Gasteiger partial charge on any atom is -0.394 e. The molecule has 1 aliphatic rings. The summed E-state index contributed by atoms with van der Waals surface area (Å²) >= 11 is 0. The second-order valence-electron chi connectivity index (χ2n) is 9.18. The van der Waals surface area contributed by atoms with Crippen molar-refractivity contribution < 1.29 is 49.9 Å². The van der Waals surface area contributed by atoms with Gasteiger partial charge in [-0.3, -0.25) is 14.1 Å². The number of aromatic nitrogens is 1. The summed E-state index contributed by atoms with van der Waals surface area (Å²) in [4.78, 5) is 14.9. The molecule has 1 aromatic heterocycles. The van der Waals surface area contributed by atoms with E-state index in [1.807, 2.05) is 6.07 Å². The zero-order valence-electron chi connectivity index (χ0n) is 23.1. The number of aliphatic hydroxyl groups excluding tert-OH is 1. The van der Waals surface area contributed by atoms with Crippen LogP contribution >= 0.6 is 0 Å². The molecule has 15 heteroatoms. The fourth-order valence-corrected chi connectivity index (χ4v) is 5.46. The van der Waals surface area contributed by atoms with Crippen molar-refractivity contribution in [1.82, 2.24) is 10.3 Å². The van der Waals surface area contributed by atoms with E-state index in [-0.39, 0.29) is 47.7 Å². The van der Waals surface area contributed by atoms with Crippen LogP contribution in [-0.4, -0.2) is 50.8 Å². The topological polar surface area (TPSA) is 103 Å². The van der Waals surface area contributed by atoms with E-state index in [0.29, 0.717) is 18.6 Å². The average molecular weight is 648 g/mol. The molecule has 2 heterocycles. The number of aryl methyl sites for hydroxylation is 1. The van der Waals surface area contributed by atoms with Crippen LogP contribution < -0.4 is 9.62 Å². The number of nitrogens with one attached hydrogen (secondary N) is 1. The summed E-state index contributed by atoms with van der Waals surface area (Å²) in [6.45, 7) is 1.53. The smallest absolute Gasteiger partial charge is 0.394 e. The van der Waals surface area contributed by atoms with Crippen LogP contribution in [0.2, 0.25) is 0 Å². The number of carbonyl (C=O) groups is 1. The van der Waals surface area contributed by atoms with Crippen LogP contribution in [0.4, 0.5) is 36.4 Å². The van der Waals surface area contributed by atoms with Crippen molar-refractivity contribution in [3.05, 3.63) is 89.5 Å². The van der Waals surface area contributed by atoms with Crippen molar-refractivity contribution in [3.8, 4) is 12.8 Å². The first-order chi connectivity index (χ1) is 20.6. The van der Waals surface area contributed by atoms with Crippen LogP contribution in [0.25, 0.3) is 0 Å². The molecule has 238 valence electrons. The molecule has 3 aromatic rings. The lowest BCUT2D eigenvalue weighted by molar-refractivity contribution is -0.376. The second-order valence-corrected chi connectivity index (χ2v) is 10.6. The summed E-state index contributed by atoms with van der Waals surface area (Å²) in [5, 5.41) is 21.2. The van der Waals surface area contributed by atoms with E-state index in [1.165, 1.54) is 23.4 Å². The normalized spacial score (nSPS) is 14.5. The zero-order valence-corrected chi connectivity index (χ0v) is 23.9. The molecule has 4 rings (SSSR count).